The molecule has 0 aliphatic carbocycles. The summed E-state index contributed by atoms with van der Waals surface area (Å²) in [5.74, 6) is -1.22. The van der Waals surface area contributed by atoms with E-state index in [9.17, 15) is 43.2 Å². The number of hydrogen-bond donors (Lipinski definition) is 3. The molecule has 113 heavy (non-hydrogen) atoms. The molecule has 0 saturated heterocycles. The van der Waals surface area contributed by atoms with E-state index in [2.05, 4.69) is 34.6 Å². The molecule has 0 spiro atoms. The van der Waals surface area contributed by atoms with E-state index in [0.717, 1.165) is 95.8 Å². The number of carbonyl (C=O) groups is 4. The predicted molar refractivity (Wildman–Crippen MR) is 469 cm³/mol. The summed E-state index contributed by atoms with van der Waals surface area (Å²) in [6.07, 6.45) is 83.6. The van der Waals surface area contributed by atoms with Crippen molar-refractivity contribution in [2.24, 2.45) is 5.92 Å². The second kappa shape index (κ2) is 86.4. The quantitative estimate of drug-likeness (QED) is 0.0222. The summed E-state index contributed by atoms with van der Waals surface area (Å²) in [6.45, 7) is 7.46. The Morgan fingerprint density at radius 2 is 0.425 bits per heavy atom. The van der Waals surface area contributed by atoms with Gasteiger partial charge in [-0.15, -0.1) is 0 Å². The lowest BCUT2D eigenvalue weighted by Gasteiger charge is -2.21. The molecular formula is C94H184O17P2. The molecule has 6 atom stereocenters. The fraction of sp³-hybridized carbons (Fsp3) is 0.957. The SMILES string of the molecule is CCCCCCCCCCCCCCCCCCCCCCCC(=O)OC[C@H](COP(=O)(O)OC[C@@H](O)COP(=O)(O)OC[C@@H](COC(=O)CCCCCCCCCCC)OC(=O)CCCCCCCCCCCCCCCCCCCCCCC)OC(=O)CCCCCCCCCCCCCCCCCCCCC(C)CC. The van der Waals surface area contributed by atoms with E-state index >= 15 is 0 Å². The summed E-state index contributed by atoms with van der Waals surface area (Å²) in [6, 6.07) is 0. The Morgan fingerprint density at radius 1 is 0.248 bits per heavy atom. The molecule has 0 fully saturated rings. The highest BCUT2D eigenvalue weighted by Crippen LogP contribution is 2.45. The van der Waals surface area contributed by atoms with E-state index in [4.69, 9.17) is 37.0 Å². The van der Waals surface area contributed by atoms with E-state index in [-0.39, 0.29) is 25.7 Å². The molecule has 0 rings (SSSR count). The van der Waals surface area contributed by atoms with E-state index in [1.807, 2.05) is 0 Å². The number of aliphatic hydroxyl groups is 1. The van der Waals surface area contributed by atoms with Crippen molar-refractivity contribution in [3.05, 3.63) is 0 Å². The van der Waals surface area contributed by atoms with Crippen molar-refractivity contribution >= 4 is 39.5 Å². The Morgan fingerprint density at radius 3 is 0.628 bits per heavy atom. The van der Waals surface area contributed by atoms with Gasteiger partial charge in [0, 0.05) is 25.7 Å². The van der Waals surface area contributed by atoms with Crippen LogP contribution in [-0.2, 0) is 65.4 Å². The van der Waals surface area contributed by atoms with E-state index < -0.39 is 97.5 Å². The summed E-state index contributed by atoms with van der Waals surface area (Å²) in [7, 11) is -9.94. The molecule has 0 saturated carbocycles. The molecule has 0 amide bonds. The van der Waals surface area contributed by atoms with Gasteiger partial charge in [0.15, 0.2) is 12.2 Å². The summed E-state index contributed by atoms with van der Waals surface area (Å²) >= 11 is 0. The number of phosphoric ester groups is 2. The predicted octanol–water partition coefficient (Wildman–Crippen LogP) is 29.5. The molecule has 17 nitrogen and oxygen atoms in total. The molecule has 0 aromatic heterocycles. The van der Waals surface area contributed by atoms with Crippen LogP contribution in [-0.4, -0.2) is 96.7 Å². The van der Waals surface area contributed by atoms with Crippen molar-refractivity contribution in [3.8, 4) is 0 Å². The number of ether oxygens (including phenoxy) is 4. The molecule has 0 aromatic carbocycles. The van der Waals surface area contributed by atoms with Crippen LogP contribution in [0.25, 0.3) is 0 Å². The van der Waals surface area contributed by atoms with Crippen LogP contribution in [0.3, 0.4) is 0 Å². The number of rotatable bonds is 94. The lowest BCUT2D eigenvalue weighted by Crippen LogP contribution is -2.30. The number of unbranched alkanes of at least 4 members (excludes halogenated alkanes) is 65. The zero-order valence-corrected chi connectivity index (χ0v) is 76.3. The second-order valence-corrected chi connectivity index (χ2v) is 36.9. The third kappa shape index (κ3) is 86.3. The third-order valence-electron chi connectivity index (χ3n) is 22.6. The number of hydrogen-bond acceptors (Lipinski definition) is 15. The van der Waals surface area contributed by atoms with E-state index in [1.54, 1.807) is 0 Å². The van der Waals surface area contributed by atoms with Crippen molar-refractivity contribution in [2.75, 3.05) is 39.6 Å². The van der Waals surface area contributed by atoms with Crippen molar-refractivity contribution < 1.29 is 80.2 Å². The minimum absolute atomic E-state index is 0.109. The summed E-state index contributed by atoms with van der Waals surface area (Å²) in [4.78, 5) is 73.4. The molecule has 0 aromatic rings. The highest BCUT2D eigenvalue weighted by atomic mass is 31.2. The zero-order chi connectivity index (χ0) is 82.6. The smallest absolute Gasteiger partial charge is 0.462 e. The van der Waals surface area contributed by atoms with E-state index in [0.29, 0.717) is 25.7 Å². The Labute approximate surface area is 696 Å². The molecule has 0 aliphatic rings. The van der Waals surface area contributed by atoms with Crippen LogP contribution in [0.1, 0.15) is 516 Å². The van der Waals surface area contributed by atoms with Crippen LogP contribution < -0.4 is 0 Å². The Balaban J connectivity index is 5.18. The first-order chi connectivity index (χ1) is 55.1. The molecule has 3 N–H and O–H groups in total. The van der Waals surface area contributed by atoms with Gasteiger partial charge in [-0.2, -0.15) is 0 Å². The zero-order valence-electron chi connectivity index (χ0n) is 74.5. The number of carbonyl (C=O) groups excluding carboxylic acids is 4. The Kier molecular flexibility index (Phi) is 85.0. The van der Waals surface area contributed by atoms with Crippen LogP contribution in [0, 0.1) is 5.92 Å². The van der Waals surface area contributed by atoms with Gasteiger partial charge in [0.1, 0.15) is 19.3 Å². The maximum Gasteiger partial charge on any atom is 0.472 e. The highest BCUT2D eigenvalue weighted by Gasteiger charge is 2.31. The monoisotopic (exact) mass is 1650 g/mol. The van der Waals surface area contributed by atoms with Crippen LogP contribution in [0.5, 0.6) is 0 Å². The average molecular weight is 1650 g/mol. The third-order valence-corrected chi connectivity index (χ3v) is 24.5. The van der Waals surface area contributed by atoms with Gasteiger partial charge in [-0.25, -0.2) is 9.13 Å². The molecule has 0 aliphatic heterocycles. The minimum atomic E-state index is -4.97. The number of aliphatic hydroxyl groups excluding tert-OH is 1. The highest BCUT2D eigenvalue weighted by molar-refractivity contribution is 7.47. The van der Waals surface area contributed by atoms with Crippen molar-refractivity contribution in [1.82, 2.24) is 0 Å². The molecule has 19 heteroatoms. The van der Waals surface area contributed by atoms with Crippen LogP contribution in [0.15, 0.2) is 0 Å². The maximum absolute atomic E-state index is 13.2. The van der Waals surface area contributed by atoms with Gasteiger partial charge in [0.05, 0.1) is 26.4 Å². The van der Waals surface area contributed by atoms with Gasteiger partial charge in [-0.1, -0.05) is 465 Å². The summed E-state index contributed by atoms with van der Waals surface area (Å²) in [5.41, 5.74) is 0. The van der Waals surface area contributed by atoms with Gasteiger partial charge >= 0.3 is 39.5 Å². The molecule has 0 bridgehead atoms. The first-order valence-corrected chi connectivity index (χ1v) is 51.7. The van der Waals surface area contributed by atoms with E-state index in [1.165, 1.54) is 340 Å². The Bertz CT molecular complexity index is 2140. The molecule has 672 valence electrons. The fourth-order valence-corrected chi connectivity index (χ4v) is 16.4. The van der Waals surface area contributed by atoms with Crippen LogP contribution >= 0.6 is 15.6 Å². The maximum atomic E-state index is 13.2. The van der Waals surface area contributed by atoms with Crippen molar-refractivity contribution in [3.63, 3.8) is 0 Å². The number of esters is 4. The largest absolute Gasteiger partial charge is 0.472 e. The first-order valence-electron chi connectivity index (χ1n) is 48.7. The molecule has 3 unspecified atom stereocenters. The second-order valence-electron chi connectivity index (χ2n) is 34.0. The van der Waals surface area contributed by atoms with Crippen LogP contribution in [0.4, 0.5) is 0 Å². The number of phosphoric acid groups is 2. The topological polar surface area (TPSA) is 237 Å². The van der Waals surface area contributed by atoms with Gasteiger partial charge in [0.25, 0.3) is 0 Å². The molecule has 0 radical (unpaired) electrons. The van der Waals surface area contributed by atoms with Gasteiger partial charge < -0.3 is 33.8 Å². The minimum Gasteiger partial charge on any atom is -0.462 e. The van der Waals surface area contributed by atoms with Crippen molar-refractivity contribution in [2.45, 2.75) is 534 Å². The van der Waals surface area contributed by atoms with Crippen LogP contribution in [0.2, 0.25) is 0 Å². The van der Waals surface area contributed by atoms with Gasteiger partial charge in [-0.05, 0) is 31.6 Å². The molecule has 0 heterocycles. The summed E-state index contributed by atoms with van der Waals surface area (Å²) in [5, 5.41) is 10.7. The standard InChI is InChI=1S/C94H184O17P2/c1-6-10-13-16-19-22-24-26-28-30-32-34-36-41-45-49-53-58-63-68-73-78-92(97)105-84-90(111-94(99)80-75-70-65-60-55-51-47-43-39-38-40-44-48-52-57-61-66-71-76-87(5)9-4)86-109-113(102,103)107-82-88(95)81-106-112(100,101)108-85-89(83-104-91(96)77-72-67-62-56-21-18-15-12-8-3)110-93(98)79-74-69-64-59-54-50-46-42-37-35-33-31-29-27-25-23-20-17-14-11-7-2/h87-90,95H,6-86H2,1-5H3,(H,100,101)(H,102,103)/t87?,88-,89+,90+/m0/s1. The van der Waals surface area contributed by atoms with Gasteiger partial charge in [0.2, 0.25) is 0 Å². The van der Waals surface area contributed by atoms with Crippen molar-refractivity contribution in [1.29, 1.82) is 0 Å². The lowest BCUT2D eigenvalue weighted by atomic mass is 9.99. The first kappa shape index (κ1) is 111. The average Bonchev–Trinajstić information content (AvgIpc) is 0.902. The molecular weight excluding hydrogens is 1460 g/mol. The van der Waals surface area contributed by atoms with Gasteiger partial charge in [-0.3, -0.25) is 37.3 Å². The fourth-order valence-electron chi connectivity index (χ4n) is 14.9. The lowest BCUT2D eigenvalue weighted by molar-refractivity contribution is -0.161. The Hall–Kier alpha value is -1.94. The summed E-state index contributed by atoms with van der Waals surface area (Å²) < 4.78 is 69.1. The normalized spacial score (nSPS) is 13.9.